The van der Waals surface area contributed by atoms with Crippen LogP contribution in [0.15, 0.2) is 23.4 Å². The lowest BCUT2D eigenvalue weighted by atomic mass is 10.1. The molecule has 2 aliphatic rings. The Morgan fingerprint density at radius 1 is 1.17 bits per heavy atom. The average Bonchev–Trinajstić information content (AvgIpc) is 3.18. The molecular weight excluding hydrogens is 502 g/mol. The predicted octanol–water partition coefficient (Wildman–Crippen LogP) is 3.59. The van der Waals surface area contributed by atoms with Crippen LogP contribution in [0.2, 0.25) is 5.02 Å². The maximum Gasteiger partial charge on any atom is 0.407 e. The van der Waals surface area contributed by atoms with Gasteiger partial charge in [0.05, 0.1) is 27.1 Å². The Kier molecular flexibility index (Phi) is 7.51. The second-order valence-corrected chi connectivity index (χ2v) is 12.4. The fourth-order valence-electron chi connectivity index (χ4n) is 3.91. The second-order valence-electron chi connectivity index (χ2n) is 10.5. The fraction of sp³-hybridized carbons (Fsp3) is 0.542. The lowest BCUT2D eigenvalue weighted by molar-refractivity contribution is 0.0519. The third-order valence-electron chi connectivity index (χ3n) is 5.61. The van der Waals surface area contributed by atoms with Gasteiger partial charge in [0.15, 0.2) is 5.82 Å². The first-order valence-corrected chi connectivity index (χ1v) is 13.6. The highest BCUT2D eigenvalue weighted by Crippen LogP contribution is 2.32. The molecule has 2 aromatic heterocycles. The van der Waals surface area contributed by atoms with Crippen molar-refractivity contribution in [1.82, 2.24) is 25.3 Å². The Balaban J connectivity index is 1.51. The van der Waals surface area contributed by atoms with Crippen LogP contribution >= 0.6 is 11.6 Å². The lowest BCUT2D eigenvalue weighted by Gasteiger charge is -2.30. The zero-order chi connectivity index (χ0) is 26.1. The van der Waals surface area contributed by atoms with Gasteiger partial charge in [0, 0.05) is 44.2 Å². The second kappa shape index (κ2) is 10.3. The van der Waals surface area contributed by atoms with Gasteiger partial charge in [0.25, 0.3) is 0 Å². The van der Waals surface area contributed by atoms with Gasteiger partial charge in [-0.05, 0) is 46.6 Å². The zero-order valence-electron chi connectivity index (χ0n) is 21.2. The molecule has 0 unspecified atom stereocenters. The predicted molar refractivity (Wildman–Crippen MR) is 141 cm³/mol. The summed E-state index contributed by atoms with van der Waals surface area (Å²) < 4.78 is 18.1. The molecule has 0 saturated carbocycles. The first kappa shape index (κ1) is 26.3. The van der Waals surface area contributed by atoms with E-state index in [0.717, 1.165) is 17.7 Å². The number of ether oxygens (including phenoxy) is 1. The number of halogens is 1. The van der Waals surface area contributed by atoms with Crippen molar-refractivity contribution in [3.63, 3.8) is 0 Å². The van der Waals surface area contributed by atoms with E-state index in [2.05, 4.69) is 31.6 Å². The number of nitrogens with one attached hydrogen (secondary N) is 2. The van der Waals surface area contributed by atoms with Gasteiger partial charge < -0.3 is 20.3 Å². The van der Waals surface area contributed by atoms with Gasteiger partial charge in [-0.1, -0.05) is 17.7 Å². The smallest absolute Gasteiger partial charge is 0.407 e. The van der Waals surface area contributed by atoms with Crippen LogP contribution in [0.25, 0.3) is 5.57 Å². The van der Waals surface area contributed by atoms with Crippen LogP contribution in [0.4, 0.5) is 16.6 Å². The molecule has 0 aromatic carbocycles. The highest BCUT2D eigenvalue weighted by molar-refractivity contribution is 7.85. The summed E-state index contributed by atoms with van der Waals surface area (Å²) in [5.41, 5.74) is 0.693. The normalized spacial score (nSPS) is 17.9. The van der Waals surface area contributed by atoms with E-state index >= 15 is 0 Å². The molecule has 10 nitrogen and oxygen atoms in total. The number of rotatable bonds is 6. The summed E-state index contributed by atoms with van der Waals surface area (Å²) in [7, 11) is -1.17. The molecule has 0 spiro atoms. The van der Waals surface area contributed by atoms with Crippen molar-refractivity contribution in [2.75, 3.05) is 35.6 Å². The van der Waals surface area contributed by atoms with E-state index in [4.69, 9.17) is 26.3 Å². The number of carbonyl (C=O) groups is 1. The van der Waals surface area contributed by atoms with Gasteiger partial charge in [0.2, 0.25) is 5.95 Å². The number of aromatic nitrogens is 4. The minimum Gasteiger partial charge on any atom is -0.444 e. The number of anilines is 2. The number of hydrogen-bond donors (Lipinski definition) is 2. The van der Waals surface area contributed by atoms with Crippen molar-refractivity contribution in [3.8, 4) is 0 Å². The molecule has 2 aliphatic heterocycles. The van der Waals surface area contributed by atoms with Gasteiger partial charge >= 0.3 is 6.09 Å². The topological polar surface area (TPSA) is 122 Å². The summed E-state index contributed by atoms with van der Waals surface area (Å²) >= 11 is 5.91. The first-order valence-electron chi connectivity index (χ1n) is 11.9. The van der Waals surface area contributed by atoms with Crippen LogP contribution in [0.1, 0.15) is 52.6 Å². The zero-order valence-corrected chi connectivity index (χ0v) is 22.8. The maximum absolute atomic E-state index is 12.8. The quantitative estimate of drug-likeness (QED) is 0.573. The first-order chi connectivity index (χ1) is 16.9. The number of fused-ring (bicyclic) bond motifs is 1. The number of carbonyl (C=O) groups excluding carboxylic acids is 1. The molecule has 36 heavy (non-hydrogen) atoms. The largest absolute Gasteiger partial charge is 0.444 e. The highest BCUT2D eigenvalue weighted by atomic mass is 35.5. The van der Waals surface area contributed by atoms with Crippen LogP contribution in [0.5, 0.6) is 0 Å². The average molecular weight is 534 g/mol. The van der Waals surface area contributed by atoms with E-state index in [9.17, 15) is 9.00 Å². The Bertz CT molecular complexity index is 1200. The van der Waals surface area contributed by atoms with E-state index < -0.39 is 28.0 Å². The maximum atomic E-state index is 12.8. The van der Waals surface area contributed by atoms with Crippen molar-refractivity contribution in [3.05, 3.63) is 35.0 Å². The summed E-state index contributed by atoms with van der Waals surface area (Å²) in [6.07, 6.45) is 6.15. The van der Waals surface area contributed by atoms with Gasteiger partial charge in [-0.3, -0.25) is 4.21 Å². The fourth-order valence-corrected chi connectivity index (χ4v) is 5.32. The number of alkyl carbamates (subject to hydrolysis) is 1. The minimum absolute atomic E-state index is 0.291. The molecule has 0 bridgehead atoms. The molecule has 0 aliphatic carbocycles. The highest BCUT2D eigenvalue weighted by Gasteiger charge is 2.31. The van der Waals surface area contributed by atoms with Crippen LogP contribution in [-0.4, -0.2) is 66.8 Å². The van der Waals surface area contributed by atoms with Crippen LogP contribution in [0, 0.1) is 0 Å². The third-order valence-corrected chi connectivity index (χ3v) is 7.26. The van der Waals surface area contributed by atoms with Crippen molar-refractivity contribution in [2.45, 2.75) is 63.5 Å². The Labute approximate surface area is 218 Å². The van der Waals surface area contributed by atoms with Crippen LogP contribution in [-0.2, 0) is 22.0 Å². The molecule has 2 aromatic rings. The van der Waals surface area contributed by atoms with Gasteiger partial charge in [-0.15, -0.1) is 0 Å². The molecule has 194 valence electrons. The third kappa shape index (κ3) is 6.50. The van der Waals surface area contributed by atoms with E-state index in [1.165, 1.54) is 0 Å². The monoisotopic (exact) mass is 533 g/mol. The molecule has 2 N–H and O–H groups in total. The summed E-state index contributed by atoms with van der Waals surface area (Å²) in [5, 5.41) is 6.70. The van der Waals surface area contributed by atoms with Crippen molar-refractivity contribution in [2.24, 2.45) is 0 Å². The number of aryl methyl sites for hydroxylation is 1. The van der Waals surface area contributed by atoms with E-state index in [1.54, 1.807) is 12.4 Å². The number of hydrogen-bond acceptors (Lipinski definition) is 9. The summed E-state index contributed by atoms with van der Waals surface area (Å²) in [6, 6.07) is 0. The van der Waals surface area contributed by atoms with E-state index in [0.29, 0.717) is 59.3 Å². The molecule has 4 rings (SSSR count). The van der Waals surface area contributed by atoms with E-state index in [-0.39, 0.29) is 0 Å². The molecule has 0 fully saturated rings. The van der Waals surface area contributed by atoms with Crippen molar-refractivity contribution < 1.29 is 13.7 Å². The van der Waals surface area contributed by atoms with E-state index in [1.807, 2.05) is 34.6 Å². The molecule has 12 heteroatoms. The number of amides is 1. The molecule has 0 radical (unpaired) electrons. The van der Waals surface area contributed by atoms with Crippen molar-refractivity contribution in [1.29, 1.82) is 0 Å². The Morgan fingerprint density at radius 2 is 1.89 bits per heavy atom. The standard InChI is InChI=1S/C24H32ClN7O3S/c1-23(2,3)35-22(33)28-14-24(4,5)31-20-18-17(8-11-36(18)34)29-21(30-20)32-9-6-15(7-10-32)19-26-12-16(25)13-27-19/h6,12-13H,7-11,14H2,1-5H3,(H,28,33)(H,29,30,31)/t36-/m1/s1. The van der Waals surface area contributed by atoms with Gasteiger partial charge in [0.1, 0.15) is 16.3 Å². The molecule has 0 saturated heterocycles. The molecular formula is C24H32ClN7O3S. The minimum atomic E-state index is -1.17. The molecule has 1 amide bonds. The SMILES string of the molecule is CC(C)(CNC(=O)OC(C)(C)C)Nc1nc(N2CC=C(c3ncc(Cl)cn3)CC2)nc2c1[S@](=O)CC2. The lowest BCUT2D eigenvalue weighted by Crippen LogP contribution is -2.46. The van der Waals surface area contributed by atoms with Crippen LogP contribution < -0.4 is 15.5 Å². The Hall–Kier alpha value is -2.79. The van der Waals surface area contributed by atoms with Crippen LogP contribution in [0.3, 0.4) is 0 Å². The Morgan fingerprint density at radius 3 is 2.53 bits per heavy atom. The number of nitrogens with zero attached hydrogens (tertiary/aromatic N) is 5. The molecule has 1 atom stereocenters. The summed E-state index contributed by atoms with van der Waals surface area (Å²) in [5.74, 6) is 2.32. The van der Waals surface area contributed by atoms with Crippen molar-refractivity contribution >= 4 is 45.8 Å². The molecule has 4 heterocycles. The van der Waals surface area contributed by atoms with Gasteiger partial charge in [-0.25, -0.2) is 19.7 Å². The summed E-state index contributed by atoms with van der Waals surface area (Å²) in [6.45, 7) is 10.9. The summed E-state index contributed by atoms with van der Waals surface area (Å²) in [4.78, 5) is 33.0. The van der Waals surface area contributed by atoms with Gasteiger partial charge in [-0.2, -0.15) is 4.98 Å².